The molecule has 1 aliphatic carbocycles. The molecule has 2 rings (SSSR count). The van der Waals surface area contributed by atoms with Gasteiger partial charge in [0, 0.05) is 11.5 Å². The van der Waals surface area contributed by atoms with Gasteiger partial charge in [0.05, 0.1) is 12.1 Å². The summed E-state index contributed by atoms with van der Waals surface area (Å²) >= 11 is 5.97. The van der Waals surface area contributed by atoms with Crippen LogP contribution in [0.15, 0.2) is 18.2 Å². The molecule has 0 saturated heterocycles. The van der Waals surface area contributed by atoms with Gasteiger partial charge in [-0.1, -0.05) is 39.3 Å². The lowest BCUT2D eigenvalue weighted by molar-refractivity contribution is 0.0945. The van der Waals surface area contributed by atoms with E-state index >= 15 is 0 Å². The number of Topliss-reactive ketones (excluding diaryl/α,β-unsaturated/α-hetero) is 1. The predicted molar refractivity (Wildman–Crippen MR) is 73.4 cm³/mol. The third-order valence-electron chi connectivity index (χ3n) is 4.72. The van der Waals surface area contributed by atoms with Gasteiger partial charge in [0.1, 0.15) is 5.75 Å². The van der Waals surface area contributed by atoms with Crippen LogP contribution in [-0.4, -0.2) is 12.9 Å². The summed E-state index contributed by atoms with van der Waals surface area (Å²) in [6.07, 6.45) is 0. The summed E-state index contributed by atoms with van der Waals surface area (Å²) in [5, 5.41) is 0.531. The van der Waals surface area contributed by atoms with E-state index < -0.39 is 0 Å². The Morgan fingerprint density at radius 3 is 2.22 bits per heavy atom. The Morgan fingerprint density at radius 2 is 1.78 bits per heavy atom. The van der Waals surface area contributed by atoms with Crippen LogP contribution in [0, 0.1) is 16.7 Å². The molecule has 0 aliphatic heterocycles. The predicted octanol–water partition coefficient (Wildman–Crippen LogP) is 4.21. The van der Waals surface area contributed by atoms with E-state index in [1.807, 2.05) is 0 Å². The number of carbonyl (C=O) groups is 1. The van der Waals surface area contributed by atoms with Crippen molar-refractivity contribution in [1.82, 2.24) is 0 Å². The first-order chi connectivity index (χ1) is 8.23. The molecule has 0 unspecified atom stereocenters. The molecule has 3 heteroatoms. The Kier molecular flexibility index (Phi) is 2.97. The zero-order valence-electron chi connectivity index (χ0n) is 11.5. The van der Waals surface area contributed by atoms with Crippen molar-refractivity contribution in [2.45, 2.75) is 27.7 Å². The molecule has 0 atom stereocenters. The van der Waals surface area contributed by atoms with Gasteiger partial charge in [0.2, 0.25) is 0 Å². The molecular weight excluding hydrogens is 248 g/mol. The van der Waals surface area contributed by atoms with Crippen LogP contribution in [0.3, 0.4) is 0 Å². The van der Waals surface area contributed by atoms with E-state index in [9.17, 15) is 4.79 Å². The van der Waals surface area contributed by atoms with Crippen molar-refractivity contribution >= 4 is 17.4 Å². The number of hydrogen-bond acceptors (Lipinski definition) is 2. The van der Waals surface area contributed by atoms with Crippen LogP contribution >= 0.6 is 11.6 Å². The normalized spacial score (nSPS) is 20.6. The summed E-state index contributed by atoms with van der Waals surface area (Å²) in [5.41, 5.74) is 0.786. The second kappa shape index (κ2) is 3.99. The fourth-order valence-electron chi connectivity index (χ4n) is 2.83. The first-order valence-corrected chi connectivity index (χ1v) is 6.49. The minimum Gasteiger partial charge on any atom is -0.495 e. The van der Waals surface area contributed by atoms with E-state index in [2.05, 4.69) is 27.7 Å². The molecular formula is C15H19ClO2. The Balaban J connectivity index is 2.32. The van der Waals surface area contributed by atoms with Gasteiger partial charge in [0.15, 0.2) is 5.78 Å². The van der Waals surface area contributed by atoms with Gasteiger partial charge in [-0.05, 0) is 29.0 Å². The highest BCUT2D eigenvalue weighted by atomic mass is 35.5. The number of halogens is 1. The zero-order chi connectivity index (χ0) is 13.7. The van der Waals surface area contributed by atoms with Crippen LogP contribution in [0.5, 0.6) is 5.75 Å². The highest BCUT2D eigenvalue weighted by Crippen LogP contribution is 2.69. The Labute approximate surface area is 113 Å². The maximum atomic E-state index is 12.5. The van der Waals surface area contributed by atoms with Crippen molar-refractivity contribution in [3.05, 3.63) is 28.8 Å². The molecule has 1 fully saturated rings. The molecule has 98 valence electrons. The molecule has 0 bridgehead atoms. The SMILES string of the molecule is COc1cc(C(=O)C2C(C)(C)C2(C)C)ccc1Cl. The molecule has 1 aliphatic rings. The number of ketones is 1. The minimum atomic E-state index is 0.0525. The van der Waals surface area contributed by atoms with Crippen LogP contribution in [0.25, 0.3) is 0 Å². The van der Waals surface area contributed by atoms with E-state index in [0.29, 0.717) is 16.3 Å². The molecule has 1 aromatic rings. The topological polar surface area (TPSA) is 26.3 Å². The highest BCUT2D eigenvalue weighted by Gasteiger charge is 2.67. The highest BCUT2D eigenvalue weighted by molar-refractivity contribution is 6.32. The summed E-state index contributed by atoms with van der Waals surface area (Å²) in [5.74, 6) is 0.801. The van der Waals surface area contributed by atoms with Gasteiger partial charge in [-0.25, -0.2) is 0 Å². The summed E-state index contributed by atoms with van der Waals surface area (Å²) < 4.78 is 5.16. The molecule has 0 amide bonds. The van der Waals surface area contributed by atoms with Crippen LogP contribution in [0.2, 0.25) is 5.02 Å². The molecule has 1 saturated carbocycles. The fraction of sp³-hybridized carbons (Fsp3) is 0.533. The smallest absolute Gasteiger partial charge is 0.167 e. The average Bonchev–Trinajstić information content (AvgIpc) is 2.69. The van der Waals surface area contributed by atoms with Crippen LogP contribution in [0.1, 0.15) is 38.1 Å². The van der Waals surface area contributed by atoms with Gasteiger partial charge in [-0.2, -0.15) is 0 Å². The average molecular weight is 267 g/mol. The lowest BCUT2D eigenvalue weighted by Crippen LogP contribution is -2.07. The third-order valence-corrected chi connectivity index (χ3v) is 5.03. The lowest BCUT2D eigenvalue weighted by atomic mass is 10.0. The summed E-state index contributed by atoms with van der Waals surface area (Å²) in [6.45, 7) is 8.57. The second-order valence-corrected chi connectivity index (χ2v) is 6.50. The summed E-state index contributed by atoms with van der Waals surface area (Å²) in [6, 6.07) is 5.23. The van der Waals surface area contributed by atoms with Crippen molar-refractivity contribution in [3.63, 3.8) is 0 Å². The van der Waals surface area contributed by atoms with Crippen molar-refractivity contribution in [2.75, 3.05) is 7.11 Å². The number of benzene rings is 1. The Hall–Kier alpha value is -1.02. The monoisotopic (exact) mass is 266 g/mol. The van der Waals surface area contributed by atoms with Crippen molar-refractivity contribution in [3.8, 4) is 5.75 Å². The zero-order valence-corrected chi connectivity index (χ0v) is 12.3. The van der Waals surface area contributed by atoms with Gasteiger partial charge in [-0.15, -0.1) is 0 Å². The van der Waals surface area contributed by atoms with Gasteiger partial charge >= 0.3 is 0 Å². The van der Waals surface area contributed by atoms with Crippen LogP contribution < -0.4 is 4.74 Å². The van der Waals surface area contributed by atoms with E-state index in [4.69, 9.17) is 16.3 Å². The standard InChI is InChI=1S/C15H19ClO2/c1-14(2)13(15(14,3)4)12(17)9-6-7-10(16)11(8-9)18-5/h6-8,13H,1-5H3. The van der Waals surface area contributed by atoms with E-state index in [1.54, 1.807) is 25.3 Å². The molecule has 2 nitrogen and oxygen atoms in total. The number of ether oxygens (including phenoxy) is 1. The van der Waals surface area contributed by atoms with E-state index in [0.717, 1.165) is 0 Å². The summed E-state index contributed by atoms with van der Waals surface area (Å²) in [7, 11) is 1.56. The van der Waals surface area contributed by atoms with Crippen molar-refractivity contribution in [2.24, 2.45) is 16.7 Å². The van der Waals surface area contributed by atoms with E-state index in [1.165, 1.54) is 0 Å². The lowest BCUT2D eigenvalue weighted by Gasteiger charge is -2.07. The first-order valence-electron chi connectivity index (χ1n) is 6.11. The number of hydrogen-bond donors (Lipinski definition) is 0. The fourth-order valence-corrected chi connectivity index (χ4v) is 3.03. The van der Waals surface area contributed by atoms with Gasteiger partial charge in [0.25, 0.3) is 0 Å². The molecule has 0 heterocycles. The largest absolute Gasteiger partial charge is 0.495 e. The van der Waals surface area contributed by atoms with Crippen molar-refractivity contribution in [1.29, 1.82) is 0 Å². The number of rotatable bonds is 3. The molecule has 18 heavy (non-hydrogen) atoms. The van der Waals surface area contributed by atoms with Gasteiger partial charge < -0.3 is 4.74 Å². The molecule has 1 aromatic carbocycles. The Morgan fingerprint density at radius 1 is 1.22 bits per heavy atom. The molecule has 0 spiro atoms. The summed E-state index contributed by atoms with van der Waals surface area (Å²) in [4.78, 5) is 12.5. The number of carbonyl (C=O) groups excluding carboxylic acids is 1. The second-order valence-electron chi connectivity index (χ2n) is 6.09. The van der Waals surface area contributed by atoms with E-state index in [-0.39, 0.29) is 22.5 Å². The van der Waals surface area contributed by atoms with Crippen LogP contribution in [-0.2, 0) is 0 Å². The maximum absolute atomic E-state index is 12.5. The van der Waals surface area contributed by atoms with Gasteiger partial charge in [-0.3, -0.25) is 4.79 Å². The minimum absolute atomic E-state index is 0.0525. The third kappa shape index (κ3) is 1.74. The quantitative estimate of drug-likeness (QED) is 0.766. The van der Waals surface area contributed by atoms with Crippen molar-refractivity contribution < 1.29 is 9.53 Å². The molecule has 0 radical (unpaired) electrons. The van der Waals surface area contributed by atoms with Crippen LogP contribution in [0.4, 0.5) is 0 Å². The first kappa shape index (κ1) is 13.4. The molecule has 0 N–H and O–H groups in total. The Bertz CT molecular complexity index is 489. The maximum Gasteiger partial charge on any atom is 0.167 e. The number of methoxy groups -OCH3 is 1. The molecule has 0 aromatic heterocycles.